The highest BCUT2D eigenvalue weighted by atomic mass is 19.1. The minimum atomic E-state index is -0.311. The molecular formula is C15H14FNO2. The first-order chi connectivity index (χ1) is 9.13. The topological polar surface area (TPSA) is 55.5 Å². The molecule has 98 valence electrons. The van der Waals surface area contributed by atoms with Crippen LogP contribution in [0.5, 0.6) is 11.5 Å². The first-order valence-electron chi connectivity index (χ1n) is 6.14. The Kier molecular flexibility index (Phi) is 2.87. The Morgan fingerprint density at radius 2 is 2.05 bits per heavy atom. The van der Waals surface area contributed by atoms with E-state index in [2.05, 4.69) is 0 Å². The number of ether oxygens (including phenoxy) is 1. The molecule has 1 heterocycles. The number of hydrogen-bond donors (Lipinski definition) is 2. The molecule has 0 saturated heterocycles. The van der Waals surface area contributed by atoms with E-state index in [1.54, 1.807) is 24.3 Å². The Hall–Kier alpha value is -2.07. The molecule has 3 rings (SSSR count). The van der Waals surface area contributed by atoms with Gasteiger partial charge in [-0.05, 0) is 35.9 Å². The summed E-state index contributed by atoms with van der Waals surface area (Å²) in [7, 11) is 0. The van der Waals surface area contributed by atoms with Gasteiger partial charge in [-0.3, -0.25) is 0 Å². The van der Waals surface area contributed by atoms with Crippen LogP contribution in [0.3, 0.4) is 0 Å². The van der Waals surface area contributed by atoms with E-state index in [1.165, 1.54) is 12.1 Å². The number of rotatable bonds is 1. The van der Waals surface area contributed by atoms with E-state index in [-0.39, 0.29) is 23.7 Å². The van der Waals surface area contributed by atoms with Crippen molar-refractivity contribution in [2.45, 2.75) is 18.6 Å². The third-order valence-corrected chi connectivity index (χ3v) is 3.35. The lowest BCUT2D eigenvalue weighted by molar-refractivity contribution is 0.161. The molecule has 0 spiro atoms. The second kappa shape index (κ2) is 4.55. The van der Waals surface area contributed by atoms with Crippen molar-refractivity contribution in [2.24, 2.45) is 5.73 Å². The van der Waals surface area contributed by atoms with E-state index in [1.807, 2.05) is 6.07 Å². The molecule has 3 nitrogen and oxygen atoms in total. The zero-order chi connectivity index (χ0) is 13.4. The van der Waals surface area contributed by atoms with Crippen molar-refractivity contribution in [2.75, 3.05) is 0 Å². The number of phenols is 1. The summed E-state index contributed by atoms with van der Waals surface area (Å²) in [5.41, 5.74) is 7.63. The van der Waals surface area contributed by atoms with E-state index < -0.39 is 0 Å². The number of hydrogen-bond acceptors (Lipinski definition) is 3. The van der Waals surface area contributed by atoms with Crippen molar-refractivity contribution in [1.82, 2.24) is 0 Å². The molecule has 1 aliphatic rings. The summed E-state index contributed by atoms with van der Waals surface area (Å²) in [4.78, 5) is 0. The molecule has 0 amide bonds. The molecule has 0 fully saturated rings. The number of benzene rings is 2. The smallest absolute Gasteiger partial charge is 0.126 e. The number of aromatic hydroxyl groups is 1. The van der Waals surface area contributed by atoms with Gasteiger partial charge in [0.25, 0.3) is 0 Å². The van der Waals surface area contributed by atoms with Crippen LogP contribution in [0.15, 0.2) is 42.5 Å². The van der Waals surface area contributed by atoms with Crippen LogP contribution in [0.25, 0.3) is 0 Å². The van der Waals surface area contributed by atoms with E-state index in [9.17, 15) is 9.50 Å². The average molecular weight is 259 g/mol. The van der Waals surface area contributed by atoms with Crippen molar-refractivity contribution < 1.29 is 14.2 Å². The Balaban J connectivity index is 1.95. The molecule has 2 atom stereocenters. The first-order valence-corrected chi connectivity index (χ1v) is 6.14. The SMILES string of the molecule is N[C@@H]1CC(c2cccc(O)c2)Oc2ccc(F)cc21. The van der Waals surface area contributed by atoms with E-state index in [4.69, 9.17) is 10.5 Å². The second-order valence-corrected chi connectivity index (χ2v) is 4.73. The summed E-state index contributed by atoms with van der Waals surface area (Å²) < 4.78 is 19.0. The molecule has 0 aromatic heterocycles. The molecule has 2 aromatic rings. The Bertz CT molecular complexity index is 615. The maximum atomic E-state index is 13.2. The van der Waals surface area contributed by atoms with Gasteiger partial charge in [0.05, 0.1) is 0 Å². The highest BCUT2D eigenvalue weighted by molar-refractivity contribution is 5.40. The summed E-state index contributed by atoms with van der Waals surface area (Å²) in [5, 5.41) is 9.50. The number of phenolic OH excluding ortho intramolecular Hbond substituents is 1. The minimum Gasteiger partial charge on any atom is -0.508 e. The van der Waals surface area contributed by atoms with Gasteiger partial charge in [0, 0.05) is 18.0 Å². The average Bonchev–Trinajstić information content (AvgIpc) is 2.39. The van der Waals surface area contributed by atoms with Crippen LogP contribution in [-0.2, 0) is 0 Å². The Labute approximate surface area is 110 Å². The normalized spacial score (nSPS) is 21.6. The molecule has 4 heteroatoms. The van der Waals surface area contributed by atoms with Crippen molar-refractivity contribution in [1.29, 1.82) is 0 Å². The molecule has 0 saturated carbocycles. The van der Waals surface area contributed by atoms with E-state index in [0.29, 0.717) is 17.7 Å². The van der Waals surface area contributed by atoms with Crippen LogP contribution in [-0.4, -0.2) is 5.11 Å². The molecule has 0 bridgehead atoms. The fourth-order valence-electron chi connectivity index (χ4n) is 2.40. The highest BCUT2D eigenvalue weighted by Gasteiger charge is 2.27. The number of fused-ring (bicyclic) bond motifs is 1. The van der Waals surface area contributed by atoms with Gasteiger partial charge in [0.2, 0.25) is 0 Å². The van der Waals surface area contributed by atoms with Gasteiger partial charge in [0.1, 0.15) is 23.4 Å². The standard InChI is InChI=1S/C15H14FNO2/c16-10-4-5-14-12(7-10)13(17)8-15(19-14)9-2-1-3-11(18)6-9/h1-7,13,15,18H,8,17H2/t13-,15?/m1/s1. The van der Waals surface area contributed by atoms with Crippen LogP contribution in [0.1, 0.15) is 29.7 Å². The van der Waals surface area contributed by atoms with Crippen molar-refractivity contribution in [3.8, 4) is 11.5 Å². The second-order valence-electron chi connectivity index (χ2n) is 4.73. The summed E-state index contributed by atoms with van der Waals surface area (Å²) in [6, 6.07) is 11.0. The van der Waals surface area contributed by atoms with Gasteiger partial charge < -0.3 is 15.6 Å². The molecule has 0 aliphatic carbocycles. The third-order valence-electron chi connectivity index (χ3n) is 3.35. The first kappa shape index (κ1) is 12.0. The summed E-state index contributed by atoms with van der Waals surface area (Å²) in [6.07, 6.45) is 0.333. The molecule has 1 unspecified atom stereocenters. The zero-order valence-corrected chi connectivity index (χ0v) is 10.2. The van der Waals surface area contributed by atoms with Gasteiger partial charge >= 0.3 is 0 Å². The lowest BCUT2D eigenvalue weighted by Crippen LogP contribution is -2.24. The largest absolute Gasteiger partial charge is 0.508 e. The van der Waals surface area contributed by atoms with E-state index in [0.717, 1.165) is 5.56 Å². The third kappa shape index (κ3) is 2.27. The van der Waals surface area contributed by atoms with Crippen LogP contribution in [0.2, 0.25) is 0 Å². The molecule has 2 aromatic carbocycles. The van der Waals surface area contributed by atoms with Crippen molar-refractivity contribution in [3.05, 3.63) is 59.4 Å². The summed E-state index contributed by atoms with van der Waals surface area (Å²) in [6.45, 7) is 0. The lowest BCUT2D eigenvalue weighted by Gasteiger charge is -2.30. The van der Waals surface area contributed by atoms with Crippen LogP contribution >= 0.6 is 0 Å². The van der Waals surface area contributed by atoms with Gasteiger partial charge in [-0.25, -0.2) is 4.39 Å². The monoisotopic (exact) mass is 259 g/mol. The van der Waals surface area contributed by atoms with Crippen molar-refractivity contribution >= 4 is 0 Å². The molecule has 19 heavy (non-hydrogen) atoms. The maximum Gasteiger partial charge on any atom is 0.126 e. The predicted octanol–water partition coefficient (Wildman–Crippen LogP) is 3.05. The highest BCUT2D eigenvalue weighted by Crippen LogP contribution is 2.40. The van der Waals surface area contributed by atoms with E-state index >= 15 is 0 Å². The molecule has 0 radical (unpaired) electrons. The zero-order valence-electron chi connectivity index (χ0n) is 10.2. The fourth-order valence-corrected chi connectivity index (χ4v) is 2.40. The van der Waals surface area contributed by atoms with Crippen LogP contribution in [0.4, 0.5) is 4.39 Å². The molecular weight excluding hydrogens is 245 g/mol. The lowest BCUT2D eigenvalue weighted by atomic mass is 9.93. The van der Waals surface area contributed by atoms with Crippen LogP contribution < -0.4 is 10.5 Å². The van der Waals surface area contributed by atoms with Crippen LogP contribution in [0, 0.1) is 5.82 Å². The fraction of sp³-hybridized carbons (Fsp3) is 0.200. The quantitative estimate of drug-likeness (QED) is 0.827. The van der Waals surface area contributed by atoms with Gasteiger partial charge in [-0.15, -0.1) is 0 Å². The van der Waals surface area contributed by atoms with Gasteiger partial charge in [-0.1, -0.05) is 12.1 Å². The Morgan fingerprint density at radius 1 is 1.21 bits per heavy atom. The van der Waals surface area contributed by atoms with Crippen molar-refractivity contribution in [3.63, 3.8) is 0 Å². The minimum absolute atomic E-state index is 0.194. The van der Waals surface area contributed by atoms with Gasteiger partial charge in [-0.2, -0.15) is 0 Å². The number of nitrogens with two attached hydrogens (primary N) is 1. The summed E-state index contributed by atoms with van der Waals surface area (Å²) in [5.74, 6) is 0.488. The molecule has 3 N–H and O–H groups in total. The summed E-state index contributed by atoms with van der Waals surface area (Å²) >= 11 is 0. The predicted molar refractivity (Wildman–Crippen MR) is 69.4 cm³/mol. The maximum absolute atomic E-state index is 13.2. The number of halogens is 1. The Morgan fingerprint density at radius 3 is 2.84 bits per heavy atom. The van der Waals surface area contributed by atoms with Gasteiger partial charge in [0.15, 0.2) is 0 Å². The molecule has 1 aliphatic heterocycles.